The fourth-order valence-corrected chi connectivity index (χ4v) is 4.05. The van der Waals surface area contributed by atoms with Crippen LogP contribution in [0.1, 0.15) is 42.0 Å². The molecule has 32 heavy (non-hydrogen) atoms. The van der Waals surface area contributed by atoms with Gasteiger partial charge in [-0.15, -0.1) is 0 Å². The second kappa shape index (κ2) is 11.0. The Morgan fingerprint density at radius 3 is 1.50 bits per heavy atom. The summed E-state index contributed by atoms with van der Waals surface area (Å²) >= 11 is 3.58. The van der Waals surface area contributed by atoms with Crippen LogP contribution in [0.15, 0.2) is 114 Å². The topological polar surface area (TPSA) is 9.23 Å². The molecule has 0 spiro atoms. The molecule has 0 aliphatic rings. The van der Waals surface area contributed by atoms with Crippen molar-refractivity contribution in [1.82, 2.24) is 0 Å². The predicted octanol–water partition coefficient (Wildman–Crippen LogP) is 8.64. The van der Waals surface area contributed by atoms with E-state index in [2.05, 4.69) is 132 Å². The van der Waals surface area contributed by atoms with Crippen molar-refractivity contribution in [3.63, 3.8) is 0 Å². The van der Waals surface area contributed by atoms with Gasteiger partial charge in [0.1, 0.15) is 5.75 Å². The Kier molecular flexibility index (Phi) is 7.58. The third-order valence-electron chi connectivity index (χ3n) is 5.42. The van der Waals surface area contributed by atoms with Crippen LogP contribution in [0.2, 0.25) is 0 Å². The van der Waals surface area contributed by atoms with Crippen LogP contribution in [0.25, 0.3) is 11.1 Å². The van der Waals surface area contributed by atoms with Crippen LogP contribution < -0.4 is 4.74 Å². The molecule has 0 unspecified atom stereocenters. The van der Waals surface area contributed by atoms with Crippen molar-refractivity contribution in [2.45, 2.75) is 19.8 Å². The lowest BCUT2D eigenvalue weighted by atomic mass is 9.86. The normalized spacial score (nSPS) is 11.7. The van der Waals surface area contributed by atoms with Crippen molar-refractivity contribution in [2.75, 3.05) is 6.61 Å². The molecule has 4 aromatic rings. The van der Waals surface area contributed by atoms with Crippen molar-refractivity contribution in [3.05, 3.63) is 136 Å². The summed E-state index contributed by atoms with van der Waals surface area (Å²) in [6.45, 7) is 2.93. The minimum Gasteiger partial charge on any atom is -0.494 e. The number of ether oxygens (including phenoxy) is 1. The summed E-state index contributed by atoms with van der Waals surface area (Å²) in [4.78, 5) is 0. The molecule has 0 amide bonds. The number of hydrogen-bond acceptors (Lipinski definition) is 1. The SMILES string of the molecule is CCCCOc1ccc(/C(=C(\c2ccccc2)c2ccc(Br)cc2)c2ccccc2)cc1. The molecular weight excluding hydrogens is 456 g/mol. The average Bonchev–Trinajstić information content (AvgIpc) is 2.85. The average molecular weight is 483 g/mol. The molecule has 160 valence electrons. The van der Waals surface area contributed by atoms with Crippen molar-refractivity contribution in [2.24, 2.45) is 0 Å². The third kappa shape index (κ3) is 5.38. The highest BCUT2D eigenvalue weighted by atomic mass is 79.9. The summed E-state index contributed by atoms with van der Waals surface area (Å²) in [5, 5.41) is 0. The Labute approximate surface area is 199 Å². The van der Waals surface area contributed by atoms with E-state index in [0.29, 0.717) is 0 Å². The molecule has 4 aromatic carbocycles. The van der Waals surface area contributed by atoms with E-state index in [0.717, 1.165) is 29.7 Å². The molecule has 0 aliphatic heterocycles. The second-order valence-electron chi connectivity index (χ2n) is 7.72. The van der Waals surface area contributed by atoms with E-state index in [4.69, 9.17) is 4.74 Å². The molecule has 0 aromatic heterocycles. The number of benzene rings is 4. The van der Waals surface area contributed by atoms with Gasteiger partial charge in [0, 0.05) is 4.47 Å². The molecule has 0 fully saturated rings. The molecule has 0 radical (unpaired) electrons. The second-order valence-corrected chi connectivity index (χ2v) is 8.63. The fraction of sp³-hybridized carbons (Fsp3) is 0.133. The Morgan fingerprint density at radius 1 is 0.594 bits per heavy atom. The van der Waals surface area contributed by atoms with Crippen LogP contribution in [0.4, 0.5) is 0 Å². The molecule has 4 rings (SSSR count). The molecular formula is C30H27BrO. The van der Waals surface area contributed by atoms with E-state index in [1.807, 2.05) is 0 Å². The summed E-state index contributed by atoms with van der Waals surface area (Å²) in [6, 6.07) is 38.3. The van der Waals surface area contributed by atoms with Gasteiger partial charge in [-0.25, -0.2) is 0 Å². The summed E-state index contributed by atoms with van der Waals surface area (Å²) in [5.74, 6) is 0.916. The minimum atomic E-state index is 0.755. The van der Waals surface area contributed by atoms with E-state index in [1.165, 1.54) is 33.4 Å². The van der Waals surface area contributed by atoms with Crippen molar-refractivity contribution < 1.29 is 4.74 Å². The quantitative estimate of drug-likeness (QED) is 0.180. The van der Waals surface area contributed by atoms with Crippen LogP contribution in [0.3, 0.4) is 0 Å². The smallest absolute Gasteiger partial charge is 0.119 e. The number of unbranched alkanes of at least 4 members (excludes halogenated alkanes) is 1. The number of hydrogen-bond donors (Lipinski definition) is 0. The van der Waals surface area contributed by atoms with Crippen LogP contribution in [-0.4, -0.2) is 6.61 Å². The van der Waals surface area contributed by atoms with E-state index >= 15 is 0 Å². The monoisotopic (exact) mass is 482 g/mol. The molecule has 2 heteroatoms. The first kappa shape index (κ1) is 22.1. The lowest BCUT2D eigenvalue weighted by Crippen LogP contribution is -1.99. The predicted molar refractivity (Wildman–Crippen MR) is 139 cm³/mol. The van der Waals surface area contributed by atoms with Gasteiger partial charge < -0.3 is 4.74 Å². The summed E-state index contributed by atoms with van der Waals surface area (Å²) in [7, 11) is 0. The maximum absolute atomic E-state index is 5.91. The van der Waals surface area contributed by atoms with Crippen LogP contribution in [0, 0.1) is 0 Å². The Morgan fingerprint density at radius 2 is 1.03 bits per heavy atom. The van der Waals surface area contributed by atoms with Gasteiger partial charge in [-0.05, 0) is 64.1 Å². The zero-order valence-corrected chi connectivity index (χ0v) is 19.9. The Hall–Kier alpha value is -3.10. The van der Waals surface area contributed by atoms with Gasteiger partial charge >= 0.3 is 0 Å². The highest BCUT2D eigenvalue weighted by Gasteiger charge is 2.16. The van der Waals surface area contributed by atoms with Crippen LogP contribution in [0.5, 0.6) is 5.75 Å². The van der Waals surface area contributed by atoms with Gasteiger partial charge in [-0.3, -0.25) is 0 Å². The molecule has 0 atom stereocenters. The van der Waals surface area contributed by atoms with Gasteiger partial charge in [0.2, 0.25) is 0 Å². The van der Waals surface area contributed by atoms with Gasteiger partial charge in [0.15, 0.2) is 0 Å². The first-order valence-electron chi connectivity index (χ1n) is 11.1. The zero-order chi connectivity index (χ0) is 22.2. The molecule has 1 nitrogen and oxygen atoms in total. The van der Waals surface area contributed by atoms with Gasteiger partial charge in [-0.2, -0.15) is 0 Å². The maximum Gasteiger partial charge on any atom is 0.119 e. The Balaban J connectivity index is 1.91. The summed E-state index contributed by atoms with van der Waals surface area (Å²) < 4.78 is 6.98. The van der Waals surface area contributed by atoms with Crippen LogP contribution >= 0.6 is 15.9 Å². The highest BCUT2D eigenvalue weighted by Crippen LogP contribution is 2.37. The van der Waals surface area contributed by atoms with Crippen molar-refractivity contribution >= 4 is 27.1 Å². The molecule has 0 saturated heterocycles. The molecule has 0 N–H and O–H groups in total. The van der Waals surface area contributed by atoms with Crippen molar-refractivity contribution in [3.8, 4) is 5.75 Å². The van der Waals surface area contributed by atoms with E-state index < -0.39 is 0 Å². The minimum absolute atomic E-state index is 0.755. The van der Waals surface area contributed by atoms with Crippen LogP contribution in [-0.2, 0) is 0 Å². The summed E-state index contributed by atoms with van der Waals surface area (Å²) in [6.07, 6.45) is 2.20. The fourth-order valence-electron chi connectivity index (χ4n) is 3.79. The van der Waals surface area contributed by atoms with Gasteiger partial charge in [0.05, 0.1) is 6.61 Å². The number of halogens is 1. The molecule has 0 aliphatic carbocycles. The molecule has 0 bridgehead atoms. The third-order valence-corrected chi connectivity index (χ3v) is 5.95. The molecule has 0 saturated carbocycles. The standard InChI is InChI=1S/C30H27BrO/c1-2-3-22-32-28-20-16-26(17-21-28)30(24-12-8-5-9-13-24)29(23-10-6-4-7-11-23)25-14-18-27(31)19-15-25/h4-21H,2-3,22H2,1H3/b30-29+. The first-order valence-corrected chi connectivity index (χ1v) is 11.9. The van der Waals surface area contributed by atoms with Gasteiger partial charge in [0.25, 0.3) is 0 Å². The van der Waals surface area contributed by atoms with E-state index in [-0.39, 0.29) is 0 Å². The lowest BCUT2D eigenvalue weighted by molar-refractivity contribution is 0.309. The Bertz CT molecular complexity index is 1150. The summed E-state index contributed by atoms with van der Waals surface area (Å²) in [5.41, 5.74) is 7.15. The highest BCUT2D eigenvalue weighted by molar-refractivity contribution is 9.10. The zero-order valence-electron chi connectivity index (χ0n) is 18.3. The van der Waals surface area contributed by atoms with Crippen molar-refractivity contribution in [1.29, 1.82) is 0 Å². The van der Waals surface area contributed by atoms with Gasteiger partial charge in [-0.1, -0.05) is 114 Å². The number of rotatable bonds is 8. The lowest BCUT2D eigenvalue weighted by Gasteiger charge is -2.18. The molecule has 0 heterocycles. The van der Waals surface area contributed by atoms with E-state index in [1.54, 1.807) is 0 Å². The maximum atomic E-state index is 5.91. The van der Waals surface area contributed by atoms with E-state index in [9.17, 15) is 0 Å². The first-order chi connectivity index (χ1) is 15.8. The largest absolute Gasteiger partial charge is 0.494 e.